The molecule has 8 heteroatoms. The minimum Gasteiger partial charge on any atom is -0.491 e. The van der Waals surface area contributed by atoms with Gasteiger partial charge in [0.25, 0.3) is 5.91 Å². The van der Waals surface area contributed by atoms with Crippen molar-refractivity contribution in [1.29, 1.82) is 0 Å². The SMILES string of the molecule is [B]c1ccc(C(=O)N2CCc3c(c(=O)oc4c(C)c(N5CCN(C)CC5)cc(C)c34)C2)c(C)c1OC1CCC1. The third-order valence-electron chi connectivity index (χ3n) is 8.92. The molecule has 0 bridgehead atoms. The Balaban J connectivity index is 1.32. The molecule has 2 aromatic carbocycles. The van der Waals surface area contributed by atoms with Crippen LogP contribution in [0.15, 0.2) is 27.4 Å². The van der Waals surface area contributed by atoms with E-state index in [9.17, 15) is 9.59 Å². The number of piperazine rings is 1. The van der Waals surface area contributed by atoms with Gasteiger partial charge in [0.15, 0.2) is 0 Å². The van der Waals surface area contributed by atoms with Gasteiger partial charge in [-0.25, -0.2) is 4.79 Å². The maximum Gasteiger partial charge on any atom is 0.341 e. The van der Waals surface area contributed by atoms with E-state index in [0.29, 0.717) is 40.9 Å². The van der Waals surface area contributed by atoms with Crippen LogP contribution in [-0.4, -0.2) is 69.4 Å². The van der Waals surface area contributed by atoms with Gasteiger partial charge in [-0.15, -0.1) is 0 Å². The monoisotopic (exact) mass is 525 g/mol. The molecule has 3 aromatic rings. The number of ether oxygens (including phenoxy) is 1. The first-order valence-corrected chi connectivity index (χ1v) is 14.1. The number of rotatable bonds is 4. The number of hydrogen-bond donors (Lipinski definition) is 0. The fraction of sp³-hybridized carbons (Fsp3) is 0.484. The summed E-state index contributed by atoms with van der Waals surface area (Å²) in [6, 6.07) is 5.76. The van der Waals surface area contributed by atoms with Crippen molar-refractivity contribution in [3.63, 3.8) is 0 Å². The molecule has 3 aliphatic rings. The van der Waals surface area contributed by atoms with E-state index in [1.165, 1.54) is 0 Å². The second kappa shape index (κ2) is 10.0. The Morgan fingerprint density at radius 3 is 2.46 bits per heavy atom. The van der Waals surface area contributed by atoms with Gasteiger partial charge in [0.1, 0.15) is 19.2 Å². The molecule has 2 aliphatic heterocycles. The zero-order valence-corrected chi connectivity index (χ0v) is 23.4. The smallest absolute Gasteiger partial charge is 0.341 e. The van der Waals surface area contributed by atoms with Gasteiger partial charge in [0, 0.05) is 60.5 Å². The molecule has 39 heavy (non-hydrogen) atoms. The average Bonchev–Trinajstić information content (AvgIpc) is 2.89. The molecule has 2 fully saturated rings. The third-order valence-corrected chi connectivity index (χ3v) is 8.92. The molecule has 1 saturated heterocycles. The van der Waals surface area contributed by atoms with Crippen molar-refractivity contribution >= 4 is 35.9 Å². The van der Waals surface area contributed by atoms with E-state index in [0.717, 1.165) is 78.8 Å². The van der Waals surface area contributed by atoms with Crippen LogP contribution in [0.1, 0.15) is 57.4 Å². The van der Waals surface area contributed by atoms with E-state index in [1.54, 1.807) is 17.0 Å². The topological polar surface area (TPSA) is 66.2 Å². The van der Waals surface area contributed by atoms with E-state index >= 15 is 0 Å². The lowest BCUT2D eigenvalue weighted by atomic mass is 9.89. The van der Waals surface area contributed by atoms with Crippen molar-refractivity contribution < 1.29 is 13.9 Å². The summed E-state index contributed by atoms with van der Waals surface area (Å²) in [6.45, 7) is 10.7. The van der Waals surface area contributed by atoms with Crippen LogP contribution in [0, 0.1) is 20.8 Å². The van der Waals surface area contributed by atoms with Gasteiger partial charge in [-0.2, -0.15) is 0 Å². The van der Waals surface area contributed by atoms with Crippen molar-refractivity contribution in [2.24, 2.45) is 0 Å². The number of likely N-dealkylation sites (N-methyl/N-ethyl adjacent to an activating group) is 1. The largest absolute Gasteiger partial charge is 0.491 e. The summed E-state index contributed by atoms with van der Waals surface area (Å²) in [5.41, 5.74) is 7.05. The van der Waals surface area contributed by atoms with Crippen LogP contribution >= 0.6 is 0 Å². The average molecular weight is 525 g/mol. The highest BCUT2D eigenvalue weighted by Crippen LogP contribution is 2.36. The minimum absolute atomic E-state index is 0.116. The Bertz CT molecular complexity index is 1520. The number of anilines is 1. The number of fused-ring (bicyclic) bond motifs is 3. The predicted octanol–water partition coefficient (Wildman–Crippen LogP) is 3.39. The fourth-order valence-electron chi connectivity index (χ4n) is 6.23. The van der Waals surface area contributed by atoms with E-state index in [-0.39, 0.29) is 24.2 Å². The molecular formula is C31H36BN3O4. The fourth-order valence-corrected chi connectivity index (χ4v) is 6.23. The second-order valence-corrected chi connectivity index (χ2v) is 11.5. The Hall–Kier alpha value is -3.26. The van der Waals surface area contributed by atoms with Crippen molar-refractivity contribution in [2.75, 3.05) is 44.7 Å². The molecule has 0 N–H and O–H groups in total. The highest BCUT2D eigenvalue weighted by atomic mass is 16.5. The zero-order chi connectivity index (χ0) is 27.4. The Kier molecular flexibility index (Phi) is 6.70. The number of benzene rings is 2. The van der Waals surface area contributed by atoms with Crippen molar-refractivity contribution in [3.8, 4) is 5.75 Å². The molecule has 0 unspecified atom stereocenters. The van der Waals surface area contributed by atoms with Gasteiger partial charge in [-0.1, -0.05) is 11.5 Å². The van der Waals surface area contributed by atoms with Crippen molar-refractivity contribution in [1.82, 2.24) is 9.80 Å². The van der Waals surface area contributed by atoms with E-state index in [2.05, 4.69) is 36.8 Å². The van der Waals surface area contributed by atoms with Crippen LogP contribution in [0.5, 0.6) is 5.75 Å². The summed E-state index contributed by atoms with van der Waals surface area (Å²) in [6.07, 6.45) is 3.96. The summed E-state index contributed by atoms with van der Waals surface area (Å²) in [5.74, 6) is 0.491. The number of carbonyl (C=O) groups is 1. The van der Waals surface area contributed by atoms with Gasteiger partial charge in [0.05, 0.1) is 18.2 Å². The standard InChI is InChI=1S/C31H36BN3O4/c1-18-16-26(34-14-12-33(4)13-15-34)20(3)29-27(18)23-10-11-35(17-24(23)31(37)39-29)30(36)22-8-9-25(32)28(19(22)2)38-21-6-5-7-21/h8-9,16,21H,5-7,10-15,17H2,1-4H3. The molecule has 0 atom stereocenters. The molecular weight excluding hydrogens is 489 g/mol. The molecule has 2 radical (unpaired) electrons. The van der Waals surface area contributed by atoms with Crippen LogP contribution in [0.2, 0.25) is 0 Å². The Morgan fingerprint density at radius 1 is 1.03 bits per heavy atom. The van der Waals surface area contributed by atoms with Gasteiger partial charge < -0.3 is 23.9 Å². The van der Waals surface area contributed by atoms with Gasteiger partial charge >= 0.3 is 5.63 Å². The second-order valence-electron chi connectivity index (χ2n) is 11.5. The first kappa shape index (κ1) is 26.0. The van der Waals surface area contributed by atoms with Gasteiger partial charge in [0.2, 0.25) is 0 Å². The van der Waals surface area contributed by atoms with Crippen LogP contribution in [-0.2, 0) is 13.0 Å². The van der Waals surface area contributed by atoms with Gasteiger partial charge in [-0.3, -0.25) is 4.79 Å². The van der Waals surface area contributed by atoms with Gasteiger partial charge in [-0.05, 0) is 76.8 Å². The Morgan fingerprint density at radius 2 is 1.77 bits per heavy atom. The number of amides is 1. The molecule has 1 aliphatic carbocycles. The number of carbonyl (C=O) groups excluding carboxylic acids is 1. The normalized spacial score (nSPS) is 18.3. The third kappa shape index (κ3) is 4.52. The predicted molar refractivity (Wildman–Crippen MR) is 155 cm³/mol. The summed E-state index contributed by atoms with van der Waals surface area (Å²) in [7, 11) is 8.36. The molecule has 0 spiro atoms. The maximum absolute atomic E-state index is 13.7. The molecule has 7 nitrogen and oxygen atoms in total. The maximum atomic E-state index is 13.7. The number of nitrogens with zero attached hydrogens (tertiary/aromatic N) is 3. The van der Waals surface area contributed by atoms with Crippen LogP contribution in [0.3, 0.4) is 0 Å². The summed E-state index contributed by atoms with van der Waals surface area (Å²) < 4.78 is 12.1. The lowest BCUT2D eigenvalue weighted by Crippen LogP contribution is -2.44. The van der Waals surface area contributed by atoms with Crippen LogP contribution < -0.4 is 20.7 Å². The molecule has 3 heterocycles. The van der Waals surface area contributed by atoms with Crippen LogP contribution in [0.25, 0.3) is 11.0 Å². The minimum atomic E-state index is -0.351. The molecule has 1 saturated carbocycles. The quantitative estimate of drug-likeness (QED) is 0.385. The highest BCUT2D eigenvalue weighted by Gasteiger charge is 2.30. The Labute approximate surface area is 231 Å². The molecule has 1 aromatic heterocycles. The number of aryl methyl sites for hydroxylation is 2. The van der Waals surface area contributed by atoms with Crippen molar-refractivity contribution in [2.45, 2.75) is 59.1 Å². The summed E-state index contributed by atoms with van der Waals surface area (Å²) in [5, 5.41) is 1.02. The first-order chi connectivity index (χ1) is 18.7. The molecule has 1 amide bonds. The zero-order valence-electron chi connectivity index (χ0n) is 23.4. The van der Waals surface area contributed by atoms with Crippen LogP contribution in [0.4, 0.5) is 5.69 Å². The molecule has 202 valence electrons. The lowest BCUT2D eigenvalue weighted by Gasteiger charge is -2.35. The highest BCUT2D eigenvalue weighted by molar-refractivity contribution is 6.34. The first-order valence-electron chi connectivity index (χ1n) is 14.1. The number of hydrogen-bond acceptors (Lipinski definition) is 6. The van der Waals surface area contributed by atoms with Crippen molar-refractivity contribution in [3.05, 3.63) is 62.0 Å². The summed E-state index contributed by atoms with van der Waals surface area (Å²) >= 11 is 0. The van der Waals surface area contributed by atoms with E-state index in [4.69, 9.17) is 17.0 Å². The molecule has 6 rings (SSSR count). The van der Waals surface area contributed by atoms with E-state index < -0.39 is 0 Å². The summed E-state index contributed by atoms with van der Waals surface area (Å²) in [4.78, 5) is 33.5. The lowest BCUT2D eigenvalue weighted by molar-refractivity contribution is 0.0730. The van der Waals surface area contributed by atoms with E-state index in [1.807, 2.05) is 6.92 Å².